The van der Waals surface area contributed by atoms with Gasteiger partial charge in [0.2, 0.25) is 0 Å². The fourth-order valence-electron chi connectivity index (χ4n) is 3.50. The molecule has 0 radical (unpaired) electrons. The first-order valence-corrected chi connectivity index (χ1v) is 10.1. The molecule has 0 aliphatic rings. The molecule has 2 aromatic carbocycles. The Labute approximate surface area is 183 Å². The third-order valence-electron chi connectivity index (χ3n) is 4.89. The van der Waals surface area contributed by atoms with Crippen LogP contribution < -0.4 is 0 Å². The minimum Gasteiger partial charge on any atom is -0.478 e. The summed E-state index contributed by atoms with van der Waals surface area (Å²) in [5.74, 6) is 0.0314. The molecule has 0 saturated heterocycles. The van der Waals surface area contributed by atoms with Crippen molar-refractivity contribution in [1.82, 2.24) is 19.7 Å². The quantitative estimate of drug-likeness (QED) is 0.432. The third kappa shape index (κ3) is 3.64. The predicted molar refractivity (Wildman–Crippen MR) is 117 cm³/mol. The Balaban J connectivity index is 1.75. The van der Waals surface area contributed by atoms with Gasteiger partial charge < -0.3 is 9.67 Å². The molecule has 2 aromatic heterocycles. The van der Waals surface area contributed by atoms with Crippen LogP contribution in [0.3, 0.4) is 0 Å². The number of aromatic nitrogens is 4. The highest BCUT2D eigenvalue weighted by atomic mass is 35.5. The van der Waals surface area contributed by atoms with Gasteiger partial charge in [-0.3, -0.25) is 0 Å². The van der Waals surface area contributed by atoms with Gasteiger partial charge >= 0.3 is 5.97 Å². The molecule has 0 spiro atoms. The number of aromatic carboxylic acids is 1. The molecule has 0 atom stereocenters. The van der Waals surface area contributed by atoms with Crippen molar-refractivity contribution in [2.45, 2.75) is 26.3 Å². The minimum absolute atomic E-state index is 0.145. The predicted octanol–water partition coefficient (Wildman–Crippen LogP) is 5.67. The van der Waals surface area contributed by atoms with Crippen LogP contribution in [0, 0.1) is 0 Å². The maximum absolute atomic E-state index is 11.5. The smallest absolute Gasteiger partial charge is 0.336 e. The number of nitrogens with zero attached hydrogens (tertiary/aromatic N) is 4. The Morgan fingerprint density at radius 3 is 2.37 bits per heavy atom. The van der Waals surface area contributed by atoms with Gasteiger partial charge in [-0.15, -0.1) is 10.2 Å². The molecule has 8 heteroatoms. The number of hydrogen-bond acceptors (Lipinski definition) is 4. The lowest BCUT2D eigenvalue weighted by atomic mass is 9.98. The highest BCUT2D eigenvalue weighted by molar-refractivity contribution is 6.37. The number of rotatable bonds is 5. The lowest BCUT2D eigenvalue weighted by Crippen LogP contribution is -2.07. The molecular formula is C22H18Cl2N4O2. The number of hydrogen-bond donors (Lipinski definition) is 1. The van der Waals surface area contributed by atoms with Crippen molar-refractivity contribution in [2.24, 2.45) is 0 Å². The Morgan fingerprint density at radius 1 is 1.03 bits per heavy atom. The number of carboxylic acid groups (broad SMARTS) is 1. The molecule has 0 aliphatic carbocycles. The molecule has 0 saturated carbocycles. The first kappa shape index (κ1) is 20.3. The normalized spacial score (nSPS) is 11.4. The number of halogens is 2. The topological polar surface area (TPSA) is 80.9 Å². The number of fused-ring (bicyclic) bond motifs is 1. The van der Waals surface area contributed by atoms with Crippen molar-refractivity contribution < 1.29 is 9.90 Å². The zero-order valence-electron chi connectivity index (χ0n) is 16.3. The summed E-state index contributed by atoms with van der Waals surface area (Å²) in [7, 11) is 0. The van der Waals surface area contributed by atoms with E-state index >= 15 is 0 Å². The standard InChI is InChI=1S/C22H18Cl2N4O2/c1-12(2)21-25-17-18(20(24)27-26-19(17)23)28(21)11-13-7-9-14(10-8-13)15-5-3-4-6-16(15)22(29)30/h3-10,12H,11H2,1-2H3,(H,29,30). The van der Waals surface area contributed by atoms with Crippen molar-refractivity contribution in [3.05, 3.63) is 75.8 Å². The number of imidazole rings is 1. The van der Waals surface area contributed by atoms with Gasteiger partial charge in [-0.25, -0.2) is 9.78 Å². The molecule has 0 fully saturated rings. The Bertz CT molecular complexity index is 1250. The second kappa shape index (κ2) is 8.05. The third-order valence-corrected chi connectivity index (χ3v) is 5.40. The molecule has 4 rings (SSSR count). The van der Waals surface area contributed by atoms with E-state index in [1.54, 1.807) is 18.2 Å². The number of benzene rings is 2. The van der Waals surface area contributed by atoms with E-state index < -0.39 is 5.97 Å². The summed E-state index contributed by atoms with van der Waals surface area (Å²) < 4.78 is 2.00. The second-order valence-corrected chi connectivity index (χ2v) is 7.95. The van der Waals surface area contributed by atoms with Crippen LogP contribution in [0.4, 0.5) is 0 Å². The van der Waals surface area contributed by atoms with E-state index in [4.69, 9.17) is 23.2 Å². The summed E-state index contributed by atoms with van der Waals surface area (Å²) in [6.07, 6.45) is 0. The molecule has 30 heavy (non-hydrogen) atoms. The SMILES string of the molecule is CC(C)c1nc2c(Cl)nnc(Cl)c2n1Cc1ccc(-c2ccccc2C(=O)O)cc1. The van der Waals surface area contributed by atoms with Gasteiger partial charge in [0.1, 0.15) is 16.9 Å². The van der Waals surface area contributed by atoms with E-state index in [-0.39, 0.29) is 21.8 Å². The molecule has 0 unspecified atom stereocenters. The van der Waals surface area contributed by atoms with Crippen LogP contribution in [0.1, 0.15) is 41.5 Å². The van der Waals surface area contributed by atoms with Crippen molar-refractivity contribution >= 4 is 40.2 Å². The monoisotopic (exact) mass is 440 g/mol. The van der Waals surface area contributed by atoms with Crippen molar-refractivity contribution in [3.8, 4) is 11.1 Å². The summed E-state index contributed by atoms with van der Waals surface area (Å²) >= 11 is 12.5. The molecule has 0 aliphatic heterocycles. The van der Waals surface area contributed by atoms with Crippen LogP contribution in [-0.2, 0) is 6.54 Å². The first-order valence-electron chi connectivity index (χ1n) is 9.36. The Morgan fingerprint density at radius 2 is 1.70 bits per heavy atom. The van der Waals surface area contributed by atoms with E-state index in [2.05, 4.69) is 15.2 Å². The van der Waals surface area contributed by atoms with Gasteiger partial charge in [-0.2, -0.15) is 0 Å². The lowest BCUT2D eigenvalue weighted by molar-refractivity contribution is 0.0697. The van der Waals surface area contributed by atoms with E-state index in [0.717, 1.165) is 17.0 Å². The second-order valence-electron chi connectivity index (χ2n) is 7.24. The molecule has 2 heterocycles. The summed E-state index contributed by atoms with van der Waals surface area (Å²) in [6.45, 7) is 4.62. The van der Waals surface area contributed by atoms with Crippen LogP contribution in [0.15, 0.2) is 48.5 Å². The molecule has 1 N–H and O–H groups in total. The van der Waals surface area contributed by atoms with Gasteiger partial charge in [0, 0.05) is 12.5 Å². The van der Waals surface area contributed by atoms with E-state index in [1.807, 2.05) is 48.7 Å². The minimum atomic E-state index is -0.950. The maximum atomic E-state index is 11.5. The summed E-state index contributed by atoms with van der Waals surface area (Å²) in [5.41, 5.74) is 3.98. The van der Waals surface area contributed by atoms with Crippen LogP contribution >= 0.6 is 23.2 Å². The van der Waals surface area contributed by atoms with Gasteiger partial charge in [0.05, 0.1) is 5.56 Å². The zero-order valence-corrected chi connectivity index (χ0v) is 17.8. The van der Waals surface area contributed by atoms with Gasteiger partial charge in [0.15, 0.2) is 10.3 Å². The van der Waals surface area contributed by atoms with Crippen molar-refractivity contribution in [1.29, 1.82) is 0 Å². The number of carboxylic acids is 1. The van der Waals surface area contributed by atoms with E-state index in [9.17, 15) is 9.90 Å². The van der Waals surface area contributed by atoms with Crippen LogP contribution in [-0.4, -0.2) is 30.8 Å². The fraction of sp³-hybridized carbons (Fsp3) is 0.182. The van der Waals surface area contributed by atoms with E-state index in [1.165, 1.54) is 0 Å². The maximum Gasteiger partial charge on any atom is 0.336 e. The molecule has 152 valence electrons. The fourth-order valence-corrected chi connectivity index (χ4v) is 3.90. The molecule has 4 aromatic rings. The van der Waals surface area contributed by atoms with Gasteiger partial charge in [-0.05, 0) is 22.8 Å². The summed E-state index contributed by atoms with van der Waals surface area (Å²) in [4.78, 5) is 16.2. The largest absolute Gasteiger partial charge is 0.478 e. The number of carbonyl (C=O) groups is 1. The average molecular weight is 441 g/mol. The molecule has 0 bridgehead atoms. The van der Waals surface area contributed by atoms with Crippen LogP contribution in [0.2, 0.25) is 10.3 Å². The van der Waals surface area contributed by atoms with Crippen LogP contribution in [0.5, 0.6) is 0 Å². The Kier molecular flexibility index (Phi) is 5.45. The van der Waals surface area contributed by atoms with Crippen molar-refractivity contribution in [2.75, 3.05) is 0 Å². The van der Waals surface area contributed by atoms with Crippen LogP contribution in [0.25, 0.3) is 22.2 Å². The van der Waals surface area contributed by atoms with Crippen molar-refractivity contribution in [3.63, 3.8) is 0 Å². The summed E-state index contributed by atoms with van der Waals surface area (Å²) in [6, 6.07) is 14.7. The summed E-state index contributed by atoms with van der Waals surface area (Å²) in [5, 5.41) is 17.7. The lowest BCUT2D eigenvalue weighted by Gasteiger charge is -2.13. The highest BCUT2D eigenvalue weighted by Crippen LogP contribution is 2.31. The molecule has 6 nitrogen and oxygen atoms in total. The first-order chi connectivity index (χ1) is 14.4. The average Bonchev–Trinajstić information content (AvgIpc) is 3.12. The van der Waals surface area contributed by atoms with Gasteiger partial charge in [-0.1, -0.05) is 79.5 Å². The Hall–Kier alpha value is -2.96. The zero-order chi connectivity index (χ0) is 21.4. The highest BCUT2D eigenvalue weighted by Gasteiger charge is 2.20. The van der Waals surface area contributed by atoms with E-state index in [0.29, 0.717) is 23.1 Å². The van der Waals surface area contributed by atoms with Gasteiger partial charge in [0.25, 0.3) is 0 Å². The molecule has 0 amide bonds. The molecular weight excluding hydrogens is 423 g/mol.